The van der Waals surface area contributed by atoms with E-state index in [1.165, 1.54) is 109 Å². The van der Waals surface area contributed by atoms with Gasteiger partial charge in [-0.25, -0.2) is 0 Å². The quantitative estimate of drug-likeness (QED) is 0.408. The second-order valence-corrected chi connectivity index (χ2v) is 6.01. The lowest BCUT2D eigenvalue weighted by Gasteiger charge is -2.02. The van der Waals surface area contributed by atoms with Crippen LogP contribution in [0, 0.1) is 0 Å². The van der Waals surface area contributed by atoms with Crippen LogP contribution in [0.2, 0.25) is 0 Å². The molecule has 5 nitrogen and oxygen atoms in total. The normalized spacial score (nSPS) is 16.2. The minimum atomic E-state index is 1.00. The molecule has 0 aromatic rings. The fourth-order valence-corrected chi connectivity index (χ4v) is 3.01. The Bertz CT molecular complexity index is 88.2. The highest BCUT2D eigenvalue weighted by molar-refractivity contribution is 4.52. The summed E-state index contributed by atoms with van der Waals surface area (Å²) in [5.74, 6) is 0. The van der Waals surface area contributed by atoms with E-state index in [9.17, 15) is 0 Å². The average Bonchev–Trinajstić information content (AvgIpc) is 2.79. The SMILES string of the molecule is C1CCCCCCCCCCCCCCCC1.CO.CO.CO.CO.CO. The van der Waals surface area contributed by atoms with E-state index < -0.39 is 0 Å². The number of aliphatic hydroxyl groups is 5. The van der Waals surface area contributed by atoms with Gasteiger partial charge in [-0.15, -0.1) is 0 Å². The van der Waals surface area contributed by atoms with Gasteiger partial charge in [-0.05, 0) is 0 Å². The molecule has 1 rings (SSSR count). The van der Waals surface area contributed by atoms with Gasteiger partial charge in [0.15, 0.2) is 0 Å². The molecule has 27 heavy (non-hydrogen) atoms. The molecule has 1 saturated carbocycles. The molecule has 0 spiro atoms. The van der Waals surface area contributed by atoms with Crippen molar-refractivity contribution in [3.63, 3.8) is 0 Å². The molecular weight excluding hydrogens is 344 g/mol. The van der Waals surface area contributed by atoms with Crippen molar-refractivity contribution >= 4 is 0 Å². The Morgan fingerprint density at radius 2 is 0.222 bits per heavy atom. The van der Waals surface area contributed by atoms with Crippen LogP contribution in [0.3, 0.4) is 0 Å². The van der Waals surface area contributed by atoms with Gasteiger partial charge >= 0.3 is 0 Å². The third-order valence-electron chi connectivity index (χ3n) is 4.25. The highest BCUT2D eigenvalue weighted by Crippen LogP contribution is 2.16. The maximum absolute atomic E-state index is 7.00. The zero-order valence-corrected chi connectivity index (χ0v) is 19.3. The first kappa shape index (κ1) is 37.5. The monoisotopic (exact) mass is 398 g/mol. The molecule has 172 valence electrons. The van der Waals surface area contributed by atoms with E-state index in [2.05, 4.69) is 0 Å². The van der Waals surface area contributed by atoms with Crippen LogP contribution in [0.15, 0.2) is 0 Å². The number of aliphatic hydroxyl groups excluding tert-OH is 5. The van der Waals surface area contributed by atoms with Crippen LogP contribution in [-0.4, -0.2) is 61.1 Å². The van der Waals surface area contributed by atoms with E-state index in [4.69, 9.17) is 25.5 Å². The van der Waals surface area contributed by atoms with Crippen LogP contribution >= 0.6 is 0 Å². The molecule has 5 heteroatoms. The van der Waals surface area contributed by atoms with Crippen molar-refractivity contribution in [2.75, 3.05) is 35.5 Å². The molecule has 0 amide bonds. The van der Waals surface area contributed by atoms with E-state index in [0.717, 1.165) is 35.5 Å². The first-order chi connectivity index (χ1) is 13.5. The van der Waals surface area contributed by atoms with Crippen LogP contribution in [0.5, 0.6) is 0 Å². The first-order valence-electron chi connectivity index (χ1n) is 10.7. The van der Waals surface area contributed by atoms with Crippen molar-refractivity contribution in [1.82, 2.24) is 0 Å². The third kappa shape index (κ3) is 51.8. The minimum Gasteiger partial charge on any atom is -0.400 e. The molecule has 0 aliphatic heterocycles. The fourth-order valence-electron chi connectivity index (χ4n) is 3.01. The Balaban J connectivity index is -0.000000139. The second-order valence-electron chi connectivity index (χ2n) is 6.01. The van der Waals surface area contributed by atoms with E-state index in [1.54, 1.807) is 0 Å². The van der Waals surface area contributed by atoms with E-state index in [-0.39, 0.29) is 0 Å². The van der Waals surface area contributed by atoms with Crippen LogP contribution in [0.25, 0.3) is 0 Å². The van der Waals surface area contributed by atoms with Crippen molar-refractivity contribution < 1.29 is 25.5 Å². The van der Waals surface area contributed by atoms with Crippen molar-refractivity contribution in [3.05, 3.63) is 0 Å². The highest BCUT2D eigenvalue weighted by Gasteiger charge is 1.96. The van der Waals surface area contributed by atoms with Crippen LogP contribution < -0.4 is 0 Å². The molecule has 5 N–H and O–H groups in total. The van der Waals surface area contributed by atoms with Gasteiger partial charge in [-0.2, -0.15) is 0 Å². The molecule has 0 heterocycles. The Hall–Kier alpha value is -0.200. The number of hydrogen-bond donors (Lipinski definition) is 5. The van der Waals surface area contributed by atoms with E-state index >= 15 is 0 Å². The van der Waals surface area contributed by atoms with Gasteiger partial charge in [0.2, 0.25) is 0 Å². The van der Waals surface area contributed by atoms with Crippen molar-refractivity contribution in [2.45, 2.75) is 109 Å². The van der Waals surface area contributed by atoms with Gasteiger partial charge in [0.1, 0.15) is 0 Å². The van der Waals surface area contributed by atoms with Gasteiger partial charge in [0.05, 0.1) is 0 Å². The lowest BCUT2D eigenvalue weighted by Crippen LogP contribution is -1.82. The van der Waals surface area contributed by atoms with Gasteiger partial charge < -0.3 is 25.5 Å². The average molecular weight is 399 g/mol. The zero-order chi connectivity index (χ0) is 22.0. The first-order valence-corrected chi connectivity index (χ1v) is 10.7. The summed E-state index contributed by atoms with van der Waals surface area (Å²) >= 11 is 0. The molecule has 0 atom stereocenters. The predicted molar refractivity (Wildman–Crippen MR) is 119 cm³/mol. The summed E-state index contributed by atoms with van der Waals surface area (Å²) in [7, 11) is 5.00. The van der Waals surface area contributed by atoms with Crippen LogP contribution in [0.1, 0.15) is 109 Å². The topological polar surface area (TPSA) is 101 Å². The lowest BCUT2D eigenvalue weighted by atomic mass is 10.0. The molecule has 1 aliphatic carbocycles. The van der Waals surface area contributed by atoms with Crippen molar-refractivity contribution in [1.29, 1.82) is 0 Å². The maximum atomic E-state index is 7.00. The van der Waals surface area contributed by atoms with Gasteiger partial charge in [0, 0.05) is 35.5 Å². The largest absolute Gasteiger partial charge is 0.400 e. The molecule has 0 saturated heterocycles. The molecule has 0 radical (unpaired) electrons. The van der Waals surface area contributed by atoms with Crippen LogP contribution in [0.4, 0.5) is 0 Å². The lowest BCUT2D eigenvalue weighted by molar-refractivity contribution is 0.399. The number of hydrogen-bond acceptors (Lipinski definition) is 5. The number of rotatable bonds is 0. The predicted octanol–water partition coefficient (Wildman–Crippen LogP) is 4.67. The summed E-state index contributed by atoms with van der Waals surface area (Å²) in [6, 6.07) is 0. The Labute approximate surface area is 170 Å². The smallest absolute Gasteiger partial charge is 0.0319 e. The molecule has 0 aromatic heterocycles. The zero-order valence-electron chi connectivity index (χ0n) is 19.3. The molecule has 0 aromatic carbocycles. The summed E-state index contributed by atoms with van der Waals surface area (Å²) in [6.45, 7) is 0. The van der Waals surface area contributed by atoms with E-state index in [1.807, 2.05) is 0 Å². The molecule has 0 unspecified atom stereocenters. The van der Waals surface area contributed by atoms with E-state index in [0.29, 0.717) is 0 Å². The van der Waals surface area contributed by atoms with Gasteiger partial charge in [-0.3, -0.25) is 0 Å². The second kappa shape index (κ2) is 56.2. The standard InChI is InChI=1S/C17H34.5CH4O/c1-2-4-6-8-10-12-14-16-17-15-13-11-9-7-5-3-1;5*1-2/h1-17H2;5*2H,1H3. The maximum Gasteiger partial charge on any atom is 0.0319 e. The van der Waals surface area contributed by atoms with Crippen molar-refractivity contribution in [2.24, 2.45) is 0 Å². The Kier molecular flexibility index (Phi) is 78.2. The molecular formula is C22H54O5. The summed E-state index contributed by atoms with van der Waals surface area (Å²) in [4.78, 5) is 0. The molecule has 1 aliphatic rings. The summed E-state index contributed by atoms with van der Waals surface area (Å²) in [6.07, 6.45) is 25.5. The Morgan fingerprint density at radius 3 is 0.259 bits per heavy atom. The van der Waals surface area contributed by atoms with Crippen LogP contribution in [-0.2, 0) is 0 Å². The minimum absolute atomic E-state index is 1.00. The van der Waals surface area contributed by atoms with Gasteiger partial charge in [-0.1, -0.05) is 109 Å². The van der Waals surface area contributed by atoms with Gasteiger partial charge in [0.25, 0.3) is 0 Å². The highest BCUT2D eigenvalue weighted by atomic mass is 16.2. The molecule has 0 bridgehead atoms. The Morgan fingerprint density at radius 1 is 0.185 bits per heavy atom. The van der Waals surface area contributed by atoms with Crippen molar-refractivity contribution in [3.8, 4) is 0 Å². The summed E-state index contributed by atoms with van der Waals surface area (Å²) in [5, 5.41) is 35.0. The third-order valence-corrected chi connectivity index (χ3v) is 4.25. The molecule has 1 fully saturated rings. The summed E-state index contributed by atoms with van der Waals surface area (Å²) < 4.78 is 0. The fraction of sp³-hybridized carbons (Fsp3) is 1.00. The summed E-state index contributed by atoms with van der Waals surface area (Å²) in [5.41, 5.74) is 0.